The number of anilines is 1. The van der Waals surface area contributed by atoms with Crippen molar-refractivity contribution in [2.75, 3.05) is 18.5 Å². The Hall–Kier alpha value is -3.88. The van der Waals surface area contributed by atoms with Gasteiger partial charge in [-0.1, -0.05) is 12.1 Å². The molecule has 3 aromatic rings. The predicted octanol–water partition coefficient (Wildman–Crippen LogP) is 5.72. The molecule has 0 amide bonds. The van der Waals surface area contributed by atoms with E-state index in [2.05, 4.69) is 5.32 Å². The van der Waals surface area contributed by atoms with Crippen LogP contribution in [0.2, 0.25) is 0 Å². The van der Waals surface area contributed by atoms with E-state index >= 15 is 0 Å². The second-order valence-corrected chi connectivity index (χ2v) is 7.01. The van der Waals surface area contributed by atoms with E-state index in [1.807, 2.05) is 0 Å². The maximum absolute atomic E-state index is 13.7. The van der Waals surface area contributed by atoms with Gasteiger partial charge < -0.3 is 24.6 Å². The average Bonchev–Trinajstić information content (AvgIpc) is 2.74. The first kappa shape index (κ1) is 21.4. The van der Waals surface area contributed by atoms with Crippen molar-refractivity contribution in [3.63, 3.8) is 0 Å². The van der Waals surface area contributed by atoms with Gasteiger partial charge in [-0.25, -0.2) is 0 Å². The maximum Gasteiger partial charge on any atom is 0.420 e. The van der Waals surface area contributed by atoms with Crippen LogP contribution < -0.4 is 19.5 Å². The van der Waals surface area contributed by atoms with Gasteiger partial charge in [-0.15, -0.1) is 0 Å². The summed E-state index contributed by atoms with van der Waals surface area (Å²) < 4.78 is 57.7. The zero-order valence-corrected chi connectivity index (χ0v) is 16.6. The normalized spacial score (nSPS) is 12.8. The SMILES string of the molecule is O=C(O)Cc1cccc(Oc2ccc(Oc3ccc4c(c3)NCCO4)cc2C(F)(F)F)c1. The van der Waals surface area contributed by atoms with Crippen molar-refractivity contribution in [1.82, 2.24) is 0 Å². The highest BCUT2D eigenvalue weighted by molar-refractivity contribution is 5.70. The molecule has 0 fully saturated rings. The van der Waals surface area contributed by atoms with Crippen LogP contribution in [0.15, 0.2) is 60.7 Å². The summed E-state index contributed by atoms with van der Waals surface area (Å²) in [6.45, 7) is 1.15. The van der Waals surface area contributed by atoms with Gasteiger partial charge in [0.1, 0.15) is 40.9 Å². The van der Waals surface area contributed by atoms with E-state index in [4.69, 9.17) is 19.3 Å². The molecule has 2 N–H and O–H groups in total. The minimum atomic E-state index is -4.70. The monoisotopic (exact) mass is 445 g/mol. The van der Waals surface area contributed by atoms with E-state index in [1.54, 1.807) is 24.3 Å². The van der Waals surface area contributed by atoms with Gasteiger partial charge in [0.25, 0.3) is 0 Å². The summed E-state index contributed by atoms with van der Waals surface area (Å²) in [5.74, 6) is -0.385. The van der Waals surface area contributed by atoms with Crippen molar-refractivity contribution >= 4 is 11.7 Å². The average molecular weight is 445 g/mol. The fourth-order valence-electron chi connectivity index (χ4n) is 3.22. The van der Waals surface area contributed by atoms with Gasteiger partial charge >= 0.3 is 12.1 Å². The fraction of sp³-hybridized carbons (Fsp3) is 0.174. The summed E-state index contributed by atoms with van der Waals surface area (Å²) in [5, 5.41) is 12.0. The smallest absolute Gasteiger partial charge is 0.420 e. The first-order valence-electron chi connectivity index (χ1n) is 9.66. The van der Waals surface area contributed by atoms with E-state index in [9.17, 15) is 18.0 Å². The lowest BCUT2D eigenvalue weighted by Gasteiger charge is -2.20. The molecule has 1 aliphatic heterocycles. The number of ether oxygens (including phenoxy) is 3. The molecule has 1 aliphatic rings. The molecular weight excluding hydrogens is 427 g/mol. The maximum atomic E-state index is 13.7. The summed E-state index contributed by atoms with van der Waals surface area (Å²) >= 11 is 0. The zero-order chi connectivity index (χ0) is 22.7. The predicted molar refractivity (Wildman–Crippen MR) is 110 cm³/mol. The number of carbonyl (C=O) groups is 1. The van der Waals surface area contributed by atoms with Crippen LogP contribution in [0.3, 0.4) is 0 Å². The number of carboxylic acids is 1. The molecular formula is C23H18F3NO5. The lowest BCUT2D eigenvalue weighted by molar-refractivity contribution is -0.138. The van der Waals surface area contributed by atoms with E-state index in [0.29, 0.717) is 35.9 Å². The van der Waals surface area contributed by atoms with Crippen LogP contribution in [0, 0.1) is 0 Å². The largest absolute Gasteiger partial charge is 0.490 e. The van der Waals surface area contributed by atoms with Crippen LogP contribution >= 0.6 is 0 Å². The number of alkyl halides is 3. The molecule has 0 aliphatic carbocycles. The molecule has 32 heavy (non-hydrogen) atoms. The molecule has 9 heteroatoms. The van der Waals surface area contributed by atoms with Crippen LogP contribution in [0.25, 0.3) is 0 Å². The van der Waals surface area contributed by atoms with E-state index in [-0.39, 0.29) is 17.9 Å². The third-order valence-electron chi connectivity index (χ3n) is 4.60. The number of hydrogen-bond donors (Lipinski definition) is 2. The minimum Gasteiger partial charge on any atom is -0.490 e. The summed E-state index contributed by atoms with van der Waals surface area (Å²) in [6, 6.07) is 14.3. The van der Waals surface area contributed by atoms with Gasteiger partial charge in [0, 0.05) is 12.6 Å². The molecule has 0 atom stereocenters. The zero-order valence-electron chi connectivity index (χ0n) is 16.6. The number of carboxylic acid groups (broad SMARTS) is 1. The molecule has 0 saturated heterocycles. The van der Waals surface area contributed by atoms with Crippen molar-refractivity contribution in [2.45, 2.75) is 12.6 Å². The Morgan fingerprint density at radius 3 is 2.53 bits per heavy atom. The quantitative estimate of drug-likeness (QED) is 0.505. The van der Waals surface area contributed by atoms with Gasteiger partial charge in [0.05, 0.1) is 12.1 Å². The molecule has 0 unspecified atom stereocenters. The third-order valence-corrected chi connectivity index (χ3v) is 4.60. The summed E-state index contributed by atoms with van der Waals surface area (Å²) in [7, 11) is 0. The molecule has 0 aromatic heterocycles. The van der Waals surface area contributed by atoms with E-state index in [1.165, 1.54) is 30.3 Å². The molecule has 6 nitrogen and oxygen atoms in total. The summed E-state index contributed by atoms with van der Waals surface area (Å²) in [5.41, 5.74) is 0.0950. The van der Waals surface area contributed by atoms with Gasteiger partial charge in [0.2, 0.25) is 0 Å². The van der Waals surface area contributed by atoms with Crippen LogP contribution in [0.1, 0.15) is 11.1 Å². The molecule has 0 saturated carbocycles. The number of hydrogen-bond acceptors (Lipinski definition) is 5. The number of nitrogens with one attached hydrogen (secondary N) is 1. The van der Waals surface area contributed by atoms with Crippen molar-refractivity contribution in [3.8, 4) is 28.7 Å². The number of aliphatic carboxylic acids is 1. The Kier molecular flexibility index (Phi) is 5.81. The standard InChI is InChI=1S/C23H18F3NO5/c24-23(25,26)18-12-16(31-17-5-7-21-19(13-17)27-8-9-30-21)4-6-20(18)32-15-3-1-2-14(10-15)11-22(28)29/h1-7,10,12-13,27H,8-9,11H2,(H,28,29). The van der Waals surface area contributed by atoms with Gasteiger partial charge in [-0.3, -0.25) is 4.79 Å². The van der Waals surface area contributed by atoms with Gasteiger partial charge in [-0.05, 0) is 48.0 Å². The highest BCUT2D eigenvalue weighted by atomic mass is 19.4. The number of benzene rings is 3. The Morgan fingerprint density at radius 2 is 1.75 bits per heavy atom. The fourth-order valence-corrected chi connectivity index (χ4v) is 3.22. The van der Waals surface area contributed by atoms with Crippen LogP contribution in [-0.4, -0.2) is 24.2 Å². The van der Waals surface area contributed by atoms with E-state index < -0.39 is 23.5 Å². The number of fused-ring (bicyclic) bond motifs is 1. The van der Waals surface area contributed by atoms with Crippen molar-refractivity contribution in [2.24, 2.45) is 0 Å². The van der Waals surface area contributed by atoms with Crippen molar-refractivity contribution < 1.29 is 37.3 Å². The van der Waals surface area contributed by atoms with Crippen LogP contribution in [0.4, 0.5) is 18.9 Å². The van der Waals surface area contributed by atoms with Crippen LogP contribution in [-0.2, 0) is 17.4 Å². The lowest BCUT2D eigenvalue weighted by Crippen LogP contribution is -2.17. The van der Waals surface area contributed by atoms with Gasteiger partial charge in [0.15, 0.2) is 0 Å². The van der Waals surface area contributed by atoms with Crippen LogP contribution in [0.5, 0.6) is 28.7 Å². The summed E-state index contributed by atoms with van der Waals surface area (Å²) in [6.07, 6.45) is -4.96. The highest BCUT2D eigenvalue weighted by Crippen LogP contribution is 2.41. The Bertz CT molecular complexity index is 1150. The Balaban J connectivity index is 1.59. The first-order valence-corrected chi connectivity index (χ1v) is 9.66. The Morgan fingerprint density at radius 1 is 1.00 bits per heavy atom. The lowest BCUT2D eigenvalue weighted by atomic mass is 10.1. The third kappa shape index (κ3) is 5.05. The van der Waals surface area contributed by atoms with E-state index in [0.717, 1.165) is 6.07 Å². The molecule has 0 spiro atoms. The second-order valence-electron chi connectivity index (χ2n) is 7.01. The Labute approximate surface area is 181 Å². The highest BCUT2D eigenvalue weighted by Gasteiger charge is 2.35. The molecule has 166 valence electrons. The number of halogens is 3. The second kappa shape index (κ2) is 8.70. The molecule has 0 bridgehead atoms. The molecule has 3 aromatic carbocycles. The molecule has 4 rings (SSSR count). The first-order chi connectivity index (χ1) is 15.3. The molecule has 1 heterocycles. The summed E-state index contributed by atoms with van der Waals surface area (Å²) in [4.78, 5) is 10.9. The minimum absolute atomic E-state index is 0.0130. The van der Waals surface area contributed by atoms with Gasteiger partial charge in [-0.2, -0.15) is 13.2 Å². The molecule has 0 radical (unpaired) electrons. The number of rotatable bonds is 6. The topological polar surface area (TPSA) is 77.0 Å². The van der Waals surface area contributed by atoms with Crippen molar-refractivity contribution in [3.05, 3.63) is 71.8 Å². The van der Waals surface area contributed by atoms with Crippen molar-refractivity contribution in [1.29, 1.82) is 0 Å².